The van der Waals surface area contributed by atoms with E-state index in [9.17, 15) is 14.4 Å². The van der Waals surface area contributed by atoms with Gasteiger partial charge < -0.3 is 14.5 Å². The maximum atomic E-state index is 12.7. The second kappa shape index (κ2) is 8.89. The van der Waals surface area contributed by atoms with Gasteiger partial charge in [0.1, 0.15) is 5.75 Å². The Morgan fingerprint density at radius 3 is 2.32 bits per heavy atom. The zero-order valence-electron chi connectivity index (χ0n) is 15.6. The van der Waals surface area contributed by atoms with E-state index in [0.717, 1.165) is 5.56 Å². The first-order valence-corrected chi connectivity index (χ1v) is 9.41. The largest absolute Gasteiger partial charge is 0.427 e. The van der Waals surface area contributed by atoms with Crippen molar-refractivity contribution in [3.63, 3.8) is 0 Å². The van der Waals surface area contributed by atoms with Gasteiger partial charge in [0.15, 0.2) is 0 Å². The molecule has 1 saturated heterocycles. The Hall–Kier alpha value is -2.86. The first-order valence-electron chi connectivity index (χ1n) is 9.03. The summed E-state index contributed by atoms with van der Waals surface area (Å²) in [6.07, 6.45) is 0.248. The van der Waals surface area contributed by atoms with Crippen LogP contribution in [0.4, 0.5) is 0 Å². The summed E-state index contributed by atoms with van der Waals surface area (Å²) in [4.78, 5) is 39.8. The number of carbonyl (C=O) groups excluding carboxylic acids is 3. The SMILES string of the molecule is CC(=O)Oc1cccc(C(=O)N2CCN(C(=O)Cc3ccccc3Cl)CC2)c1. The molecule has 0 radical (unpaired) electrons. The molecule has 1 aliphatic rings. The molecule has 0 saturated carbocycles. The summed E-state index contributed by atoms with van der Waals surface area (Å²) >= 11 is 6.13. The fraction of sp³-hybridized carbons (Fsp3) is 0.286. The summed E-state index contributed by atoms with van der Waals surface area (Å²) in [7, 11) is 0. The van der Waals surface area contributed by atoms with Crippen LogP contribution in [0.3, 0.4) is 0 Å². The van der Waals surface area contributed by atoms with E-state index in [1.54, 1.807) is 40.1 Å². The Labute approximate surface area is 168 Å². The highest BCUT2D eigenvalue weighted by atomic mass is 35.5. The zero-order valence-corrected chi connectivity index (χ0v) is 16.3. The Balaban J connectivity index is 1.57. The number of esters is 1. The summed E-state index contributed by atoms with van der Waals surface area (Å²) in [6.45, 7) is 3.15. The molecule has 0 aliphatic carbocycles. The minimum Gasteiger partial charge on any atom is -0.427 e. The van der Waals surface area contributed by atoms with E-state index in [0.29, 0.717) is 42.5 Å². The van der Waals surface area contributed by atoms with Crippen LogP contribution in [0.25, 0.3) is 0 Å². The summed E-state index contributed by atoms with van der Waals surface area (Å²) < 4.78 is 5.03. The maximum Gasteiger partial charge on any atom is 0.308 e. The average Bonchev–Trinajstić information content (AvgIpc) is 2.69. The molecule has 1 fully saturated rings. The second-order valence-electron chi connectivity index (χ2n) is 6.56. The van der Waals surface area contributed by atoms with Crippen LogP contribution < -0.4 is 4.74 Å². The molecule has 0 atom stereocenters. The normalized spacial score (nSPS) is 13.9. The fourth-order valence-corrected chi connectivity index (χ4v) is 3.32. The Morgan fingerprint density at radius 1 is 0.964 bits per heavy atom. The third-order valence-electron chi connectivity index (χ3n) is 4.56. The summed E-state index contributed by atoms with van der Waals surface area (Å²) in [6, 6.07) is 13.8. The molecule has 7 heteroatoms. The van der Waals surface area contributed by atoms with Crippen LogP contribution in [0, 0.1) is 0 Å². The predicted molar refractivity (Wildman–Crippen MR) is 105 cm³/mol. The van der Waals surface area contributed by atoms with E-state index in [1.807, 2.05) is 18.2 Å². The lowest BCUT2D eigenvalue weighted by Gasteiger charge is -2.35. The molecule has 0 aromatic heterocycles. The van der Waals surface area contributed by atoms with Gasteiger partial charge in [0.05, 0.1) is 6.42 Å². The van der Waals surface area contributed by atoms with Gasteiger partial charge in [-0.05, 0) is 29.8 Å². The van der Waals surface area contributed by atoms with Crippen molar-refractivity contribution in [1.82, 2.24) is 9.80 Å². The van der Waals surface area contributed by atoms with E-state index in [1.165, 1.54) is 6.92 Å². The van der Waals surface area contributed by atoms with Gasteiger partial charge in [0, 0.05) is 43.7 Å². The first kappa shape index (κ1) is 19.9. The minimum absolute atomic E-state index is 0.00273. The van der Waals surface area contributed by atoms with E-state index in [2.05, 4.69) is 0 Å². The first-order chi connectivity index (χ1) is 13.4. The smallest absolute Gasteiger partial charge is 0.308 e. The molecule has 2 aromatic carbocycles. The van der Waals surface area contributed by atoms with Crippen molar-refractivity contribution in [2.24, 2.45) is 0 Å². The van der Waals surface area contributed by atoms with Crippen molar-refractivity contribution in [3.8, 4) is 5.75 Å². The van der Waals surface area contributed by atoms with E-state index in [-0.39, 0.29) is 18.2 Å². The molecular weight excluding hydrogens is 380 g/mol. The van der Waals surface area contributed by atoms with E-state index in [4.69, 9.17) is 16.3 Å². The lowest BCUT2D eigenvalue weighted by molar-refractivity contribution is -0.132. The van der Waals surface area contributed by atoms with Gasteiger partial charge in [0.2, 0.25) is 5.91 Å². The van der Waals surface area contributed by atoms with Crippen molar-refractivity contribution >= 4 is 29.4 Å². The number of carbonyl (C=O) groups is 3. The number of benzene rings is 2. The Kier molecular flexibility index (Phi) is 6.31. The van der Waals surface area contributed by atoms with Gasteiger partial charge in [-0.15, -0.1) is 0 Å². The maximum absolute atomic E-state index is 12.7. The number of hydrogen-bond acceptors (Lipinski definition) is 4. The van der Waals surface area contributed by atoms with Crippen LogP contribution in [0.1, 0.15) is 22.8 Å². The van der Waals surface area contributed by atoms with Crippen molar-refractivity contribution < 1.29 is 19.1 Å². The molecule has 2 aromatic rings. The average molecular weight is 401 g/mol. The van der Waals surface area contributed by atoms with Crippen molar-refractivity contribution in [3.05, 3.63) is 64.7 Å². The minimum atomic E-state index is -0.435. The highest BCUT2D eigenvalue weighted by Gasteiger charge is 2.25. The number of amides is 2. The molecule has 0 N–H and O–H groups in total. The highest BCUT2D eigenvalue weighted by Crippen LogP contribution is 2.18. The molecule has 0 unspecified atom stereocenters. The van der Waals surface area contributed by atoms with Crippen LogP contribution >= 0.6 is 11.6 Å². The summed E-state index contributed by atoms with van der Waals surface area (Å²) in [5, 5.41) is 0.581. The number of piperazine rings is 1. The third-order valence-corrected chi connectivity index (χ3v) is 4.93. The molecule has 0 bridgehead atoms. The number of hydrogen-bond donors (Lipinski definition) is 0. The lowest BCUT2D eigenvalue weighted by Crippen LogP contribution is -2.51. The van der Waals surface area contributed by atoms with Crippen LogP contribution in [-0.4, -0.2) is 53.8 Å². The van der Waals surface area contributed by atoms with Crippen molar-refractivity contribution in [1.29, 1.82) is 0 Å². The molecule has 146 valence electrons. The van der Waals surface area contributed by atoms with Gasteiger partial charge in [-0.25, -0.2) is 0 Å². The van der Waals surface area contributed by atoms with Gasteiger partial charge in [-0.3, -0.25) is 14.4 Å². The Bertz CT molecular complexity index is 891. The number of rotatable bonds is 4. The molecule has 6 nitrogen and oxygen atoms in total. The van der Waals surface area contributed by atoms with Gasteiger partial charge >= 0.3 is 5.97 Å². The van der Waals surface area contributed by atoms with Crippen LogP contribution in [0.15, 0.2) is 48.5 Å². The van der Waals surface area contributed by atoms with Crippen molar-refractivity contribution in [2.45, 2.75) is 13.3 Å². The van der Waals surface area contributed by atoms with E-state index < -0.39 is 5.97 Å². The monoisotopic (exact) mass is 400 g/mol. The van der Waals surface area contributed by atoms with Gasteiger partial charge in [0.25, 0.3) is 5.91 Å². The zero-order chi connectivity index (χ0) is 20.1. The number of ether oxygens (including phenoxy) is 1. The molecule has 1 aliphatic heterocycles. The lowest BCUT2D eigenvalue weighted by atomic mass is 10.1. The number of halogens is 1. The molecule has 3 rings (SSSR count). The molecule has 1 heterocycles. The van der Waals surface area contributed by atoms with Gasteiger partial charge in [-0.2, -0.15) is 0 Å². The second-order valence-corrected chi connectivity index (χ2v) is 6.97. The fourth-order valence-electron chi connectivity index (χ4n) is 3.12. The van der Waals surface area contributed by atoms with Crippen LogP contribution in [0.2, 0.25) is 5.02 Å². The Morgan fingerprint density at radius 2 is 1.64 bits per heavy atom. The van der Waals surface area contributed by atoms with E-state index >= 15 is 0 Å². The standard InChI is InChI=1S/C21H21ClN2O4/c1-15(25)28-18-7-4-6-17(13-18)21(27)24-11-9-23(10-12-24)20(26)14-16-5-2-3-8-19(16)22/h2-8,13H,9-12,14H2,1H3. The highest BCUT2D eigenvalue weighted by molar-refractivity contribution is 6.31. The van der Waals surface area contributed by atoms with Crippen LogP contribution in [-0.2, 0) is 16.0 Å². The molecule has 28 heavy (non-hydrogen) atoms. The quantitative estimate of drug-likeness (QED) is 0.584. The number of nitrogens with zero attached hydrogens (tertiary/aromatic N) is 2. The molecule has 0 spiro atoms. The topological polar surface area (TPSA) is 66.9 Å². The summed E-state index contributed by atoms with van der Waals surface area (Å²) in [5.74, 6) is -0.244. The summed E-state index contributed by atoms with van der Waals surface area (Å²) in [5.41, 5.74) is 1.25. The van der Waals surface area contributed by atoms with Crippen molar-refractivity contribution in [2.75, 3.05) is 26.2 Å². The third kappa shape index (κ3) is 4.89. The van der Waals surface area contributed by atoms with Gasteiger partial charge in [-0.1, -0.05) is 35.9 Å². The molecule has 2 amide bonds. The van der Waals surface area contributed by atoms with Crippen LogP contribution in [0.5, 0.6) is 5.75 Å². The predicted octanol–water partition coefficient (Wildman–Crippen LogP) is 2.79. The molecular formula is C21H21ClN2O4.